The van der Waals surface area contributed by atoms with Gasteiger partial charge in [-0.05, 0) is 33.1 Å². The molecular weight excluding hydrogens is 374 g/mol. The van der Waals surface area contributed by atoms with E-state index >= 15 is 0 Å². The lowest BCUT2D eigenvalue weighted by Gasteiger charge is -2.33. The number of aromatic nitrogens is 3. The Labute approximate surface area is 171 Å². The quantitative estimate of drug-likeness (QED) is 0.524. The van der Waals surface area contributed by atoms with Crippen molar-refractivity contribution in [2.75, 3.05) is 20.1 Å². The van der Waals surface area contributed by atoms with Crippen LogP contribution >= 0.6 is 0 Å². The third-order valence-corrected chi connectivity index (χ3v) is 4.70. The summed E-state index contributed by atoms with van der Waals surface area (Å²) in [6.45, 7) is 9.99. The fraction of sp³-hybridized carbons (Fsp3) is 0.650. The van der Waals surface area contributed by atoms with E-state index in [4.69, 9.17) is 4.74 Å². The lowest BCUT2D eigenvalue weighted by Crippen LogP contribution is -2.50. The van der Waals surface area contributed by atoms with E-state index in [9.17, 15) is 14.4 Å². The molecule has 160 valence electrons. The summed E-state index contributed by atoms with van der Waals surface area (Å²) in [7, 11) is 1.63. The molecule has 0 aliphatic carbocycles. The molecule has 9 nitrogen and oxygen atoms in total. The molecule has 0 saturated carbocycles. The van der Waals surface area contributed by atoms with E-state index < -0.39 is 17.6 Å². The van der Waals surface area contributed by atoms with E-state index in [1.165, 1.54) is 34.5 Å². The van der Waals surface area contributed by atoms with Gasteiger partial charge in [0.2, 0.25) is 11.8 Å². The Balaban J connectivity index is 1.99. The van der Waals surface area contributed by atoms with E-state index in [2.05, 4.69) is 10.1 Å². The molecule has 29 heavy (non-hydrogen) atoms. The number of rotatable bonds is 6. The van der Waals surface area contributed by atoms with E-state index in [0.717, 1.165) is 0 Å². The number of hydrogen-bond donors (Lipinski definition) is 0. The Kier molecular flexibility index (Phi) is 7.16. The summed E-state index contributed by atoms with van der Waals surface area (Å²) in [5, 5.41) is 3.90. The van der Waals surface area contributed by atoms with Gasteiger partial charge in [-0.15, -0.1) is 0 Å². The van der Waals surface area contributed by atoms with Gasteiger partial charge in [0.25, 0.3) is 0 Å². The maximum Gasteiger partial charge on any atom is 0.329 e. The van der Waals surface area contributed by atoms with Crippen LogP contribution in [0.5, 0.6) is 0 Å². The number of amides is 2. The molecule has 1 aliphatic rings. The largest absolute Gasteiger partial charge is 0.458 e. The van der Waals surface area contributed by atoms with Gasteiger partial charge in [-0.1, -0.05) is 13.8 Å². The first-order valence-electron chi connectivity index (χ1n) is 9.80. The average Bonchev–Trinajstić information content (AvgIpc) is 3.28. The average molecular weight is 405 g/mol. The normalized spacial score (nSPS) is 18.3. The van der Waals surface area contributed by atoms with Crippen LogP contribution < -0.4 is 0 Å². The summed E-state index contributed by atoms with van der Waals surface area (Å²) >= 11 is 0. The molecule has 1 aromatic heterocycles. The predicted octanol–water partition coefficient (Wildman–Crippen LogP) is 1.42. The highest BCUT2D eigenvalue weighted by molar-refractivity contribution is 5.91. The summed E-state index contributed by atoms with van der Waals surface area (Å²) in [6, 6.07) is -0.668. The molecule has 1 aromatic rings. The van der Waals surface area contributed by atoms with E-state index in [0.29, 0.717) is 19.5 Å². The second-order valence-corrected chi connectivity index (χ2v) is 8.63. The molecule has 0 radical (unpaired) electrons. The third kappa shape index (κ3) is 6.13. The topological polar surface area (TPSA) is 97.6 Å². The number of nitrogens with zero attached hydrogens (tertiary/aromatic N) is 5. The van der Waals surface area contributed by atoms with Crippen LogP contribution in [0.25, 0.3) is 6.20 Å². The highest BCUT2D eigenvalue weighted by Crippen LogP contribution is 2.23. The molecule has 2 rings (SSSR count). The van der Waals surface area contributed by atoms with Gasteiger partial charge >= 0.3 is 5.97 Å². The zero-order chi connectivity index (χ0) is 21.8. The van der Waals surface area contributed by atoms with Crippen molar-refractivity contribution in [3.05, 3.63) is 18.7 Å². The molecule has 0 N–H and O–H groups in total. The molecule has 9 heteroatoms. The Morgan fingerprint density at radius 1 is 1.28 bits per heavy atom. The highest BCUT2D eigenvalue weighted by atomic mass is 16.6. The minimum absolute atomic E-state index is 0.0939. The van der Waals surface area contributed by atoms with E-state index in [1.54, 1.807) is 32.7 Å². The fourth-order valence-electron chi connectivity index (χ4n) is 3.37. The van der Waals surface area contributed by atoms with Crippen LogP contribution in [0.3, 0.4) is 0 Å². The summed E-state index contributed by atoms with van der Waals surface area (Å²) < 4.78 is 6.93. The first kappa shape index (κ1) is 22.6. The summed E-state index contributed by atoms with van der Waals surface area (Å²) in [4.78, 5) is 44.9. The number of esters is 1. The Morgan fingerprint density at radius 3 is 2.52 bits per heavy atom. The van der Waals surface area contributed by atoms with Crippen LogP contribution in [0.1, 0.15) is 41.0 Å². The van der Waals surface area contributed by atoms with Crippen LogP contribution in [-0.4, -0.2) is 74.1 Å². The Morgan fingerprint density at radius 2 is 1.97 bits per heavy atom. The standard InChI is InChI=1S/C20H31N5O4/c1-14(2)17(19(28)29-20(3,4)5)23(6)18(27)15-7-9-24(11-15)16(26)8-10-25-13-21-12-22-25/h8,10,12-15,17H,7,9,11H2,1-6H3/b10-8+/t15-,17-/m0/s1. The molecular formula is C20H31N5O4. The van der Waals surface area contributed by atoms with Crippen molar-refractivity contribution in [3.63, 3.8) is 0 Å². The van der Waals surface area contributed by atoms with Gasteiger partial charge in [-0.3, -0.25) is 9.59 Å². The molecule has 0 aromatic carbocycles. The molecule has 1 saturated heterocycles. The molecule has 1 aliphatic heterocycles. The smallest absolute Gasteiger partial charge is 0.329 e. The van der Waals surface area contributed by atoms with Gasteiger partial charge in [0.15, 0.2) is 0 Å². The number of likely N-dealkylation sites (tertiary alicyclic amines) is 1. The number of hydrogen-bond acceptors (Lipinski definition) is 6. The zero-order valence-corrected chi connectivity index (χ0v) is 18.0. The van der Waals surface area contributed by atoms with Crippen LogP contribution in [0.4, 0.5) is 0 Å². The van der Waals surface area contributed by atoms with Crippen LogP contribution in [0, 0.1) is 11.8 Å². The second-order valence-electron chi connectivity index (χ2n) is 8.63. The molecule has 0 spiro atoms. The van der Waals surface area contributed by atoms with Crippen molar-refractivity contribution < 1.29 is 19.1 Å². The number of ether oxygens (including phenoxy) is 1. The van der Waals surface area contributed by atoms with Gasteiger partial charge in [0.1, 0.15) is 24.3 Å². The third-order valence-electron chi connectivity index (χ3n) is 4.70. The van der Waals surface area contributed by atoms with Crippen molar-refractivity contribution in [2.24, 2.45) is 11.8 Å². The fourth-order valence-corrected chi connectivity index (χ4v) is 3.37. The monoisotopic (exact) mass is 405 g/mol. The molecule has 2 amide bonds. The molecule has 0 bridgehead atoms. The molecule has 2 atom stereocenters. The minimum atomic E-state index is -0.668. The second kappa shape index (κ2) is 9.19. The lowest BCUT2D eigenvalue weighted by molar-refractivity contribution is -0.166. The first-order chi connectivity index (χ1) is 13.5. The highest BCUT2D eigenvalue weighted by Gasteiger charge is 2.38. The summed E-state index contributed by atoms with van der Waals surface area (Å²) in [5.41, 5.74) is -0.624. The van der Waals surface area contributed by atoms with E-state index in [-0.39, 0.29) is 23.7 Å². The molecule has 2 heterocycles. The van der Waals surface area contributed by atoms with Gasteiger partial charge in [-0.25, -0.2) is 14.5 Å². The minimum Gasteiger partial charge on any atom is -0.458 e. The van der Waals surface area contributed by atoms with Crippen molar-refractivity contribution >= 4 is 24.0 Å². The van der Waals surface area contributed by atoms with Crippen molar-refractivity contribution in [2.45, 2.75) is 52.7 Å². The van der Waals surface area contributed by atoms with Gasteiger partial charge in [0, 0.05) is 32.4 Å². The molecule has 1 fully saturated rings. The number of likely N-dealkylation sites (N-methyl/N-ethyl adjacent to an activating group) is 1. The van der Waals surface area contributed by atoms with Gasteiger partial charge < -0.3 is 14.5 Å². The zero-order valence-electron chi connectivity index (χ0n) is 18.0. The van der Waals surface area contributed by atoms with Gasteiger partial charge in [0.05, 0.1) is 5.92 Å². The van der Waals surface area contributed by atoms with E-state index in [1.807, 2.05) is 13.8 Å². The Bertz CT molecular complexity index is 751. The van der Waals surface area contributed by atoms with Crippen molar-refractivity contribution in [1.82, 2.24) is 24.6 Å². The predicted molar refractivity (Wildman–Crippen MR) is 107 cm³/mol. The molecule has 0 unspecified atom stereocenters. The summed E-state index contributed by atoms with van der Waals surface area (Å²) in [6.07, 6.45) is 6.35. The Hall–Kier alpha value is -2.71. The van der Waals surface area contributed by atoms with Gasteiger partial charge in [-0.2, -0.15) is 5.10 Å². The maximum absolute atomic E-state index is 13.0. The number of carbonyl (C=O) groups excluding carboxylic acids is 3. The van der Waals surface area contributed by atoms with Crippen LogP contribution in [-0.2, 0) is 19.1 Å². The maximum atomic E-state index is 13.0. The van der Waals surface area contributed by atoms with Crippen molar-refractivity contribution in [3.8, 4) is 0 Å². The van der Waals surface area contributed by atoms with Crippen LogP contribution in [0.2, 0.25) is 0 Å². The first-order valence-corrected chi connectivity index (χ1v) is 9.80. The lowest BCUT2D eigenvalue weighted by atomic mass is 9.99. The summed E-state index contributed by atoms with van der Waals surface area (Å²) in [5.74, 6) is -1.18. The van der Waals surface area contributed by atoms with Crippen molar-refractivity contribution in [1.29, 1.82) is 0 Å². The SMILES string of the molecule is CC(C)[C@@H](C(=O)OC(C)(C)C)N(C)C(=O)[C@H]1CCN(C(=O)/C=C/n2cncn2)C1. The number of carbonyl (C=O) groups is 3. The van der Waals surface area contributed by atoms with Crippen LogP contribution in [0.15, 0.2) is 18.7 Å².